The number of hydrogen-bond acceptors (Lipinski definition) is 3. The fourth-order valence-electron chi connectivity index (χ4n) is 1.12. The zero-order valence-electron chi connectivity index (χ0n) is 7.76. The number of carbonyl (C=O) groups is 1. The van der Waals surface area contributed by atoms with Crippen molar-refractivity contribution in [1.82, 2.24) is 5.32 Å². The lowest BCUT2D eigenvalue weighted by Gasteiger charge is -2.00. The van der Waals surface area contributed by atoms with E-state index in [0.29, 0.717) is 23.6 Å². The van der Waals surface area contributed by atoms with Crippen molar-refractivity contribution in [2.24, 2.45) is 0 Å². The molecule has 0 radical (unpaired) electrons. The first-order valence-corrected chi connectivity index (χ1v) is 4.74. The van der Waals surface area contributed by atoms with Crippen LogP contribution in [-0.4, -0.2) is 18.2 Å². The van der Waals surface area contributed by atoms with Gasteiger partial charge in [0, 0.05) is 12.3 Å². The van der Waals surface area contributed by atoms with Crippen LogP contribution in [0.5, 0.6) is 0 Å². The van der Waals surface area contributed by atoms with E-state index in [1.54, 1.807) is 13.0 Å². The van der Waals surface area contributed by atoms with E-state index in [1.807, 2.05) is 6.92 Å². The molecule has 13 heavy (non-hydrogen) atoms. The molecule has 1 heterocycles. The predicted octanol–water partition coefficient (Wildman–Crippen LogP) is 1.56. The molecule has 3 nitrogen and oxygen atoms in total. The number of nitrogens with one attached hydrogen (secondary N) is 1. The fraction of sp³-hybridized carbons (Fsp3) is 0.444. The molecule has 1 aromatic heterocycles. The second kappa shape index (κ2) is 4.37. The Morgan fingerprint density at radius 2 is 2.31 bits per heavy atom. The summed E-state index contributed by atoms with van der Waals surface area (Å²) in [7, 11) is 0. The van der Waals surface area contributed by atoms with Crippen molar-refractivity contribution < 1.29 is 9.21 Å². The van der Waals surface area contributed by atoms with Crippen molar-refractivity contribution in [3.63, 3.8) is 0 Å². The van der Waals surface area contributed by atoms with Gasteiger partial charge in [-0.3, -0.25) is 4.79 Å². The average Bonchev–Trinajstić information content (AvgIpc) is 2.41. The van der Waals surface area contributed by atoms with Gasteiger partial charge in [0.15, 0.2) is 0 Å². The molecule has 0 saturated carbocycles. The quantitative estimate of drug-likeness (QED) is 0.725. The molecule has 0 saturated heterocycles. The maximum atomic E-state index is 11.4. The van der Waals surface area contributed by atoms with Crippen LogP contribution in [0.4, 0.5) is 0 Å². The molecule has 1 aromatic rings. The molecule has 0 atom stereocenters. The van der Waals surface area contributed by atoms with Gasteiger partial charge in [-0.25, -0.2) is 0 Å². The van der Waals surface area contributed by atoms with Gasteiger partial charge in [-0.1, -0.05) is 0 Å². The highest BCUT2D eigenvalue weighted by Crippen LogP contribution is 2.12. The normalized spacial score (nSPS) is 10.1. The van der Waals surface area contributed by atoms with Crippen molar-refractivity contribution >= 4 is 18.5 Å². The first-order valence-electron chi connectivity index (χ1n) is 4.11. The first-order chi connectivity index (χ1) is 6.15. The van der Waals surface area contributed by atoms with Gasteiger partial charge in [-0.05, 0) is 19.9 Å². The molecule has 4 heteroatoms. The minimum absolute atomic E-state index is 0.0941. The molecule has 0 fully saturated rings. The van der Waals surface area contributed by atoms with E-state index in [0.717, 1.165) is 5.76 Å². The van der Waals surface area contributed by atoms with E-state index < -0.39 is 0 Å². The monoisotopic (exact) mass is 199 g/mol. The van der Waals surface area contributed by atoms with Gasteiger partial charge < -0.3 is 9.73 Å². The molecule has 1 N–H and O–H groups in total. The summed E-state index contributed by atoms with van der Waals surface area (Å²) in [4.78, 5) is 11.4. The topological polar surface area (TPSA) is 42.2 Å². The second-order valence-corrected chi connectivity index (χ2v) is 3.25. The van der Waals surface area contributed by atoms with Gasteiger partial charge in [-0.15, -0.1) is 0 Å². The Balaban J connectivity index is 2.70. The summed E-state index contributed by atoms with van der Waals surface area (Å²) in [5, 5.41) is 2.73. The van der Waals surface area contributed by atoms with Gasteiger partial charge in [-0.2, -0.15) is 12.6 Å². The van der Waals surface area contributed by atoms with Crippen LogP contribution in [-0.2, 0) is 0 Å². The third kappa shape index (κ3) is 2.52. The maximum Gasteiger partial charge on any atom is 0.254 e. The van der Waals surface area contributed by atoms with Gasteiger partial charge >= 0.3 is 0 Å². The molecular weight excluding hydrogens is 186 g/mol. The van der Waals surface area contributed by atoms with Crippen LogP contribution < -0.4 is 5.32 Å². The van der Waals surface area contributed by atoms with Crippen LogP contribution in [0.2, 0.25) is 0 Å². The third-order valence-corrected chi connectivity index (χ3v) is 1.91. The van der Waals surface area contributed by atoms with E-state index >= 15 is 0 Å². The van der Waals surface area contributed by atoms with E-state index in [9.17, 15) is 4.79 Å². The second-order valence-electron chi connectivity index (χ2n) is 2.81. The number of furan rings is 1. The number of aryl methyl sites for hydroxylation is 2. The summed E-state index contributed by atoms with van der Waals surface area (Å²) in [6.45, 7) is 4.18. The highest BCUT2D eigenvalue weighted by Gasteiger charge is 2.11. The smallest absolute Gasteiger partial charge is 0.254 e. The largest absolute Gasteiger partial charge is 0.466 e. The van der Waals surface area contributed by atoms with Crippen LogP contribution in [0, 0.1) is 13.8 Å². The van der Waals surface area contributed by atoms with E-state index in [1.165, 1.54) is 0 Å². The summed E-state index contributed by atoms with van der Waals surface area (Å²) in [6.07, 6.45) is 0. The number of carbonyl (C=O) groups excluding carboxylic acids is 1. The number of rotatable bonds is 3. The first kappa shape index (κ1) is 10.2. The van der Waals surface area contributed by atoms with Crippen molar-refractivity contribution in [2.75, 3.05) is 12.3 Å². The van der Waals surface area contributed by atoms with Crippen LogP contribution >= 0.6 is 12.6 Å². The minimum Gasteiger partial charge on any atom is -0.466 e. The molecule has 1 amide bonds. The van der Waals surface area contributed by atoms with E-state index in [-0.39, 0.29) is 5.91 Å². The van der Waals surface area contributed by atoms with Gasteiger partial charge in [0.2, 0.25) is 0 Å². The molecular formula is C9H13NO2S. The average molecular weight is 199 g/mol. The number of hydrogen-bond donors (Lipinski definition) is 2. The lowest BCUT2D eigenvalue weighted by atomic mass is 10.2. The fourth-order valence-corrected chi connectivity index (χ4v) is 1.23. The van der Waals surface area contributed by atoms with Crippen LogP contribution in [0.15, 0.2) is 10.5 Å². The van der Waals surface area contributed by atoms with Crippen LogP contribution in [0.3, 0.4) is 0 Å². The van der Waals surface area contributed by atoms with Crippen LogP contribution in [0.1, 0.15) is 21.9 Å². The number of amides is 1. The maximum absolute atomic E-state index is 11.4. The zero-order valence-corrected chi connectivity index (χ0v) is 8.65. The molecule has 0 spiro atoms. The van der Waals surface area contributed by atoms with Crippen LogP contribution in [0.25, 0.3) is 0 Å². The molecule has 0 aliphatic carbocycles. The zero-order chi connectivity index (χ0) is 9.84. The minimum atomic E-state index is -0.0941. The standard InChI is InChI=1S/C9H13NO2S/c1-6-5-8(7(2)12-6)9(11)10-3-4-13/h5,13H,3-4H2,1-2H3,(H,10,11). The Hall–Kier alpha value is -0.900. The lowest BCUT2D eigenvalue weighted by Crippen LogP contribution is -2.25. The summed E-state index contributed by atoms with van der Waals surface area (Å²) in [5.41, 5.74) is 0.610. The van der Waals surface area contributed by atoms with Gasteiger partial charge in [0.25, 0.3) is 5.91 Å². The summed E-state index contributed by atoms with van der Waals surface area (Å²) < 4.78 is 5.24. The Morgan fingerprint density at radius 3 is 2.77 bits per heavy atom. The van der Waals surface area contributed by atoms with Crippen molar-refractivity contribution in [3.8, 4) is 0 Å². The van der Waals surface area contributed by atoms with Crippen molar-refractivity contribution in [2.45, 2.75) is 13.8 Å². The predicted molar refractivity (Wildman–Crippen MR) is 54.4 cm³/mol. The summed E-state index contributed by atoms with van der Waals surface area (Å²) in [6, 6.07) is 1.74. The van der Waals surface area contributed by atoms with Crippen molar-refractivity contribution in [1.29, 1.82) is 0 Å². The summed E-state index contributed by atoms with van der Waals surface area (Å²) in [5.74, 6) is 1.97. The van der Waals surface area contributed by atoms with E-state index in [4.69, 9.17) is 4.42 Å². The Kier molecular flexibility index (Phi) is 3.42. The molecule has 0 aromatic carbocycles. The Morgan fingerprint density at radius 1 is 1.62 bits per heavy atom. The van der Waals surface area contributed by atoms with Gasteiger partial charge in [0.1, 0.15) is 11.5 Å². The van der Waals surface area contributed by atoms with E-state index in [2.05, 4.69) is 17.9 Å². The molecule has 0 aliphatic heterocycles. The molecule has 0 aliphatic rings. The van der Waals surface area contributed by atoms with Gasteiger partial charge in [0.05, 0.1) is 5.56 Å². The molecule has 0 unspecified atom stereocenters. The molecule has 1 rings (SSSR count). The SMILES string of the molecule is Cc1cc(C(=O)NCCS)c(C)o1. The Bertz CT molecular complexity index is 307. The highest BCUT2D eigenvalue weighted by atomic mass is 32.1. The summed E-state index contributed by atoms with van der Waals surface area (Å²) >= 11 is 4.00. The number of thiol groups is 1. The third-order valence-electron chi connectivity index (χ3n) is 1.68. The highest BCUT2D eigenvalue weighted by molar-refractivity contribution is 7.80. The lowest BCUT2D eigenvalue weighted by molar-refractivity contribution is 0.0954. The Labute approximate surface area is 82.9 Å². The molecule has 0 bridgehead atoms. The van der Waals surface area contributed by atoms with Crippen molar-refractivity contribution in [3.05, 3.63) is 23.2 Å². The molecule has 72 valence electrons.